The number of methoxy groups -OCH3 is 2. The van der Waals surface area contributed by atoms with Crippen molar-refractivity contribution in [3.63, 3.8) is 0 Å². The molecule has 1 aliphatic carbocycles. The lowest BCUT2D eigenvalue weighted by Gasteiger charge is -2.25. The maximum Gasteiger partial charge on any atom is 0.380 e. The fourth-order valence-corrected chi connectivity index (χ4v) is 10.2. The average Bonchev–Trinajstić information content (AvgIpc) is 1.64. The van der Waals surface area contributed by atoms with Crippen LogP contribution in [0.2, 0.25) is 0 Å². The smallest absolute Gasteiger partial charge is 0.380 e. The number of ether oxygens (including phenoxy) is 16. The van der Waals surface area contributed by atoms with Crippen molar-refractivity contribution >= 4 is 33.8 Å². The quantitative estimate of drug-likeness (QED) is 0.0305. The van der Waals surface area contributed by atoms with Crippen LogP contribution in [-0.2, 0) is 66.3 Å². The molecule has 0 radical (unpaired) electrons. The first-order chi connectivity index (χ1) is 40.1. The van der Waals surface area contributed by atoms with E-state index in [1.54, 1.807) is 62.8 Å². The van der Waals surface area contributed by atoms with Gasteiger partial charge in [-0.15, -0.1) is 22.7 Å². The molecule has 0 spiro atoms. The molecule has 468 valence electrons. The number of halogens is 6. The predicted octanol–water partition coefficient (Wildman–Crippen LogP) is 10.6. The van der Waals surface area contributed by atoms with Crippen LogP contribution in [0, 0.1) is 13.8 Å². The lowest BCUT2D eigenvalue weighted by molar-refractivity contribution is -0.254. The van der Waals surface area contributed by atoms with Gasteiger partial charge in [0.15, 0.2) is 0 Å². The van der Waals surface area contributed by atoms with Gasteiger partial charge in [0, 0.05) is 44.9 Å². The van der Waals surface area contributed by atoms with Crippen LogP contribution in [0.1, 0.15) is 34.7 Å². The third-order valence-corrected chi connectivity index (χ3v) is 14.5. The van der Waals surface area contributed by atoms with Gasteiger partial charge in [0.1, 0.15) is 23.7 Å². The largest absolute Gasteiger partial charge is 0.488 e. The van der Waals surface area contributed by atoms with Crippen molar-refractivity contribution in [2.24, 2.45) is 0 Å². The fourth-order valence-electron chi connectivity index (χ4n) is 8.09. The van der Waals surface area contributed by atoms with Gasteiger partial charge in [-0.2, -0.15) is 26.3 Å². The van der Waals surface area contributed by atoms with E-state index in [0.717, 1.165) is 22.7 Å². The second-order valence-electron chi connectivity index (χ2n) is 18.8. The Hall–Kier alpha value is -3.80. The first kappa shape index (κ1) is 70.0. The Morgan fingerprint density at radius 3 is 0.855 bits per heavy atom. The second kappa shape index (κ2) is 38.4. The van der Waals surface area contributed by atoms with Crippen LogP contribution in [0.4, 0.5) is 26.3 Å². The monoisotopic (exact) mass is 1220 g/mol. The van der Waals surface area contributed by atoms with E-state index in [-0.39, 0.29) is 46.3 Å². The van der Waals surface area contributed by atoms with Crippen molar-refractivity contribution in [1.82, 2.24) is 0 Å². The number of aryl methyl sites for hydroxylation is 2. The summed E-state index contributed by atoms with van der Waals surface area (Å²) in [6, 6.07) is 16.0. The zero-order chi connectivity index (χ0) is 59.8. The van der Waals surface area contributed by atoms with Crippen LogP contribution in [-0.4, -0.2) is 216 Å². The standard InChI is InChI=1S/C59H82F6O16S2/c1-43(41-78-37-35-76-33-31-74-29-27-72-25-23-70-21-19-68-17-15-66-5)80-49-11-7-47(8-12-49)53-39-51(45(3)82-53)55-56(58(62,63)59(64,65)57(55,60)61)52-40-54(83-46(52)4)48-9-13-50(14-10-48)81-44(2)42-79-38-36-77-34-32-75-30-28-73-26-24-71-22-20-69-18-16-67-6/h7-14,39-40,43-44H,15-38,41-42H2,1-6H3/t43-,44-/m0/s1. The van der Waals surface area contributed by atoms with Gasteiger partial charge in [0.2, 0.25) is 0 Å². The molecule has 2 atom stereocenters. The summed E-state index contributed by atoms with van der Waals surface area (Å²) in [6.45, 7) is 17.8. The van der Waals surface area contributed by atoms with Crippen molar-refractivity contribution in [3.8, 4) is 32.4 Å². The van der Waals surface area contributed by atoms with E-state index >= 15 is 26.3 Å². The second-order valence-corrected chi connectivity index (χ2v) is 21.3. The van der Waals surface area contributed by atoms with Crippen molar-refractivity contribution in [1.29, 1.82) is 0 Å². The number of benzene rings is 2. The highest BCUT2D eigenvalue weighted by molar-refractivity contribution is 7.16. The summed E-state index contributed by atoms with van der Waals surface area (Å²) in [5.74, 6) is -15.1. The first-order valence-corrected chi connectivity index (χ1v) is 29.3. The Bertz CT molecular complexity index is 2250. The van der Waals surface area contributed by atoms with Crippen LogP contribution in [0.15, 0.2) is 60.7 Å². The molecule has 0 unspecified atom stereocenters. The lowest BCUT2D eigenvalue weighted by atomic mass is 9.94. The SMILES string of the molecule is COCCOCCOCCOCCOCCOCCOC[C@H](C)Oc1ccc(-c2cc(C3=C(c4cc(-c5ccc(O[C@@H](C)COCCOCCOCCOCCOCCOCCOC)cc5)sc4C)C(F)(F)C(F)(F)C3(F)F)c(C)s2)cc1. The van der Waals surface area contributed by atoms with Crippen molar-refractivity contribution in [2.45, 2.75) is 57.7 Å². The third kappa shape index (κ3) is 23.1. The normalized spacial score (nSPS) is 15.4. The molecule has 0 aliphatic heterocycles. The van der Waals surface area contributed by atoms with E-state index < -0.39 is 28.9 Å². The van der Waals surface area contributed by atoms with Gasteiger partial charge in [-0.25, -0.2) is 0 Å². The van der Waals surface area contributed by atoms with Crippen molar-refractivity contribution in [3.05, 3.63) is 81.5 Å². The summed E-state index contributed by atoms with van der Waals surface area (Å²) in [6.07, 6.45) is -0.692. The highest BCUT2D eigenvalue weighted by Gasteiger charge is 2.80. The summed E-state index contributed by atoms with van der Waals surface area (Å²) in [5.41, 5.74) is -2.43. The molecule has 24 heteroatoms. The number of hydrogen-bond donors (Lipinski definition) is 0. The topological polar surface area (TPSA) is 148 Å². The summed E-state index contributed by atoms with van der Waals surface area (Å²) >= 11 is 2.08. The lowest BCUT2D eigenvalue weighted by Crippen LogP contribution is -2.48. The van der Waals surface area contributed by atoms with Gasteiger partial charge in [0.25, 0.3) is 0 Å². The minimum atomic E-state index is -5.71. The van der Waals surface area contributed by atoms with Crippen LogP contribution >= 0.6 is 22.7 Å². The zero-order valence-electron chi connectivity index (χ0n) is 48.4. The molecule has 0 bridgehead atoms. The molecule has 0 N–H and O–H groups in total. The Balaban J connectivity index is 1.03. The van der Waals surface area contributed by atoms with E-state index in [4.69, 9.17) is 75.8 Å². The van der Waals surface area contributed by atoms with Gasteiger partial charge < -0.3 is 75.8 Å². The zero-order valence-corrected chi connectivity index (χ0v) is 50.1. The summed E-state index contributed by atoms with van der Waals surface area (Å²) in [7, 11) is 3.24. The molecule has 2 heterocycles. The molecule has 2 aromatic carbocycles. The number of thiophene rings is 2. The molecule has 2 aromatic heterocycles. The van der Waals surface area contributed by atoms with Crippen molar-refractivity contribution in [2.75, 3.05) is 186 Å². The molecular formula is C59H82F6O16S2. The highest BCUT2D eigenvalue weighted by Crippen LogP contribution is 2.66. The number of allylic oxidation sites excluding steroid dienone is 2. The maximum atomic E-state index is 16.1. The van der Waals surface area contributed by atoms with Gasteiger partial charge in [-0.3, -0.25) is 0 Å². The molecule has 83 heavy (non-hydrogen) atoms. The molecule has 0 saturated carbocycles. The molecule has 16 nitrogen and oxygen atoms in total. The van der Waals surface area contributed by atoms with Crippen LogP contribution in [0.3, 0.4) is 0 Å². The average molecular weight is 1230 g/mol. The van der Waals surface area contributed by atoms with E-state index in [1.807, 2.05) is 13.8 Å². The van der Waals surface area contributed by atoms with Gasteiger partial charge in [-0.05, 0) is 111 Å². The Morgan fingerprint density at radius 1 is 0.361 bits per heavy atom. The van der Waals surface area contributed by atoms with E-state index in [9.17, 15) is 0 Å². The molecule has 0 amide bonds. The molecule has 4 aromatic rings. The molecular weight excluding hydrogens is 1140 g/mol. The Kier molecular flexibility index (Phi) is 32.4. The van der Waals surface area contributed by atoms with Crippen molar-refractivity contribution < 1.29 is 102 Å². The fraction of sp³-hybridized carbons (Fsp3) is 0.627. The molecule has 0 saturated heterocycles. The van der Waals surface area contributed by atoms with Gasteiger partial charge in [0.05, 0.1) is 172 Å². The van der Waals surface area contributed by atoms with E-state index in [2.05, 4.69) is 0 Å². The van der Waals surface area contributed by atoms with E-state index in [0.29, 0.717) is 191 Å². The third-order valence-electron chi connectivity index (χ3n) is 12.3. The molecule has 1 aliphatic rings. The molecule has 5 rings (SSSR count). The highest BCUT2D eigenvalue weighted by atomic mass is 32.1. The minimum Gasteiger partial charge on any atom is -0.488 e. The predicted molar refractivity (Wildman–Crippen MR) is 304 cm³/mol. The van der Waals surface area contributed by atoms with E-state index in [1.165, 1.54) is 26.0 Å². The summed E-state index contributed by atoms with van der Waals surface area (Å²) < 4.78 is 183. The molecule has 0 fully saturated rings. The number of alkyl halides is 6. The Morgan fingerprint density at radius 2 is 0.602 bits per heavy atom. The Labute approximate surface area is 491 Å². The van der Waals surface area contributed by atoms with Gasteiger partial charge in [-0.1, -0.05) is 0 Å². The maximum absolute atomic E-state index is 16.1. The summed E-state index contributed by atoms with van der Waals surface area (Å²) in [4.78, 5) is 1.19. The van der Waals surface area contributed by atoms with Crippen LogP contribution < -0.4 is 9.47 Å². The van der Waals surface area contributed by atoms with Crippen LogP contribution in [0.25, 0.3) is 32.0 Å². The first-order valence-electron chi connectivity index (χ1n) is 27.7. The minimum absolute atomic E-state index is 0.175. The summed E-state index contributed by atoms with van der Waals surface area (Å²) in [5, 5.41) is 0. The van der Waals surface area contributed by atoms with Crippen LogP contribution in [0.5, 0.6) is 11.5 Å². The van der Waals surface area contributed by atoms with Gasteiger partial charge >= 0.3 is 17.8 Å². The number of rotatable bonds is 48. The number of hydrogen-bond acceptors (Lipinski definition) is 18.